The predicted octanol–water partition coefficient (Wildman–Crippen LogP) is 0.118. The van der Waals surface area contributed by atoms with Crippen molar-refractivity contribution in [2.45, 2.75) is 38.5 Å². The zero-order valence-electron chi connectivity index (χ0n) is 33.6. The summed E-state index contributed by atoms with van der Waals surface area (Å²) in [5.41, 5.74) is 0. The van der Waals surface area contributed by atoms with Crippen LogP contribution in [0.4, 0.5) is 0 Å². The maximum Gasteiger partial charge on any atom is 0.307 e. The molecule has 0 aromatic carbocycles. The van der Waals surface area contributed by atoms with Gasteiger partial charge in [-0.3, -0.25) is 14.4 Å². The van der Waals surface area contributed by atoms with Crippen LogP contribution in [-0.4, -0.2) is 238 Å². The van der Waals surface area contributed by atoms with Crippen LogP contribution in [0.2, 0.25) is 0 Å². The normalized spacial score (nSPS) is 12.0. The molecule has 1 N–H and O–H groups in total. The van der Waals surface area contributed by atoms with Crippen molar-refractivity contribution < 1.29 is 38.4 Å². The van der Waals surface area contributed by atoms with E-state index in [0.717, 1.165) is 52.0 Å². The van der Waals surface area contributed by atoms with E-state index >= 15 is 0 Å². The van der Waals surface area contributed by atoms with E-state index in [9.17, 15) is 19.5 Å². The molecule has 51 heavy (non-hydrogen) atoms. The molecule has 0 amide bonds. The lowest BCUT2D eigenvalue weighted by Gasteiger charge is -2.27. The maximum absolute atomic E-state index is 12.4. The number of hydrogen-bond acceptors (Lipinski definition) is 15. The van der Waals surface area contributed by atoms with Crippen LogP contribution >= 0.6 is 0 Å². The van der Waals surface area contributed by atoms with Crippen LogP contribution in [0, 0.1) is 0 Å². The van der Waals surface area contributed by atoms with Crippen molar-refractivity contribution in [2.75, 3.05) is 181 Å². The summed E-state index contributed by atoms with van der Waals surface area (Å²) in [6.45, 7) is 11.6. The van der Waals surface area contributed by atoms with Crippen LogP contribution in [0.3, 0.4) is 0 Å². The third-order valence-corrected chi connectivity index (χ3v) is 8.06. The van der Waals surface area contributed by atoms with Crippen molar-refractivity contribution in [3.63, 3.8) is 0 Å². The van der Waals surface area contributed by atoms with Gasteiger partial charge in [0.15, 0.2) is 0 Å². The second-order valence-corrected chi connectivity index (χ2v) is 14.0. The maximum atomic E-state index is 12.4. The minimum absolute atomic E-state index is 0.0636. The van der Waals surface area contributed by atoms with Crippen molar-refractivity contribution in [3.05, 3.63) is 0 Å². The number of likely N-dealkylation sites (N-methyl/N-ethyl adjacent to an activating group) is 4. The van der Waals surface area contributed by atoms with E-state index in [1.165, 1.54) is 0 Å². The molecule has 0 rings (SSSR count). The van der Waals surface area contributed by atoms with Crippen molar-refractivity contribution in [1.29, 1.82) is 0 Å². The van der Waals surface area contributed by atoms with Crippen LogP contribution in [-0.2, 0) is 33.3 Å². The van der Waals surface area contributed by atoms with Crippen LogP contribution in [0.25, 0.3) is 0 Å². The number of esters is 3. The first-order valence-electron chi connectivity index (χ1n) is 18.7. The van der Waals surface area contributed by atoms with Crippen LogP contribution < -0.4 is 0 Å². The van der Waals surface area contributed by atoms with E-state index in [4.69, 9.17) is 18.9 Å². The molecule has 302 valence electrons. The number of carbonyl (C=O) groups is 3. The number of aliphatic hydroxyl groups is 1. The van der Waals surface area contributed by atoms with E-state index in [-0.39, 0.29) is 37.4 Å². The average Bonchev–Trinajstić information content (AvgIpc) is 3.05. The highest BCUT2D eigenvalue weighted by Gasteiger charge is 2.15. The number of ether oxygens (including phenoxy) is 4. The number of nitrogens with zero attached hydrogens (tertiary/aromatic N) is 7. The molecular formula is C36H75N7O8. The summed E-state index contributed by atoms with van der Waals surface area (Å²) >= 11 is 0. The fourth-order valence-electron chi connectivity index (χ4n) is 4.91. The Morgan fingerprint density at radius 2 is 0.706 bits per heavy atom. The van der Waals surface area contributed by atoms with Crippen LogP contribution in [0.15, 0.2) is 0 Å². The largest absolute Gasteiger partial charge is 0.464 e. The second-order valence-electron chi connectivity index (χ2n) is 14.0. The zero-order chi connectivity index (χ0) is 38.3. The Hall–Kier alpha value is -1.95. The number of carbonyl (C=O) groups excluding carboxylic acids is 3. The van der Waals surface area contributed by atoms with Crippen molar-refractivity contribution in [2.24, 2.45) is 0 Å². The Labute approximate surface area is 310 Å². The lowest BCUT2D eigenvalue weighted by atomic mass is 10.2. The molecule has 0 fully saturated rings. The van der Waals surface area contributed by atoms with Crippen LogP contribution in [0.1, 0.15) is 38.5 Å². The highest BCUT2D eigenvalue weighted by molar-refractivity contribution is 5.70. The molecule has 0 unspecified atom stereocenters. The minimum Gasteiger partial charge on any atom is -0.464 e. The van der Waals surface area contributed by atoms with Gasteiger partial charge in [0.1, 0.15) is 19.8 Å². The fourth-order valence-corrected chi connectivity index (χ4v) is 4.91. The summed E-state index contributed by atoms with van der Waals surface area (Å²) in [7, 11) is 15.7. The predicted molar refractivity (Wildman–Crippen MR) is 202 cm³/mol. The van der Waals surface area contributed by atoms with Gasteiger partial charge in [-0.25, -0.2) is 0 Å². The van der Waals surface area contributed by atoms with Gasteiger partial charge in [-0.1, -0.05) is 0 Å². The topological polar surface area (TPSA) is 131 Å². The SMILES string of the molecule is CN(C)CCOCCCN(CCCN(CCO)CCCN(CCC(=O)OCCN(C)C)CCC(=O)OCCN(C)C)CCC(=O)OCCN(C)C. The van der Waals surface area contributed by atoms with Gasteiger partial charge in [-0.2, -0.15) is 0 Å². The lowest BCUT2D eigenvalue weighted by Crippen LogP contribution is -2.36. The molecule has 0 heterocycles. The monoisotopic (exact) mass is 734 g/mol. The van der Waals surface area contributed by atoms with E-state index in [2.05, 4.69) is 19.6 Å². The first-order chi connectivity index (χ1) is 24.3. The lowest BCUT2D eigenvalue weighted by molar-refractivity contribution is -0.145. The zero-order valence-corrected chi connectivity index (χ0v) is 33.6. The molecule has 0 saturated carbocycles. The summed E-state index contributed by atoms with van der Waals surface area (Å²) in [5, 5.41) is 9.78. The molecule has 0 aliphatic heterocycles. The quantitative estimate of drug-likeness (QED) is 0.0537. The highest BCUT2D eigenvalue weighted by atomic mass is 16.5. The Kier molecular flexibility index (Phi) is 31.4. The Balaban J connectivity index is 5.02. The molecule has 0 aromatic rings. The summed E-state index contributed by atoms with van der Waals surface area (Å²) in [5.74, 6) is -0.674. The molecule has 15 heteroatoms. The molecule has 0 bridgehead atoms. The number of rotatable bonds is 35. The Morgan fingerprint density at radius 3 is 1.06 bits per heavy atom. The van der Waals surface area contributed by atoms with Gasteiger partial charge in [0.2, 0.25) is 0 Å². The van der Waals surface area contributed by atoms with Gasteiger partial charge in [0.25, 0.3) is 0 Å². The Bertz CT molecular complexity index is 837. The molecule has 0 atom stereocenters. The number of aliphatic hydroxyl groups excluding tert-OH is 1. The highest BCUT2D eigenvalue weighted by Crippen LogP contribution is 2.05. The molecule has 0 aliphatic rings. The molecule has 0 aromatic heterocycles. The van der Waals surface area contributed by atoms with Crippen molar-refractivity contribution in [1.82, 2.24) is 34.3 Å². The molecule has 15 nitrogen and oxygen atoms in total. The van der Waals surface area contributed by atoms with Gasteiger partial charge in [0.05, 0.1) is 32.5 Å². The van der Waals surface area contributed by atoms with Gasteiger partial charge in [0, 0.05) is 65.5 Å². The van der Waals surface area contributed by atoms with Gasteiger partial charge < -0.3 is 58.4 Å². The molecular weight excluding hydrogens is 658 g/mol. The standard InChI is InChI=1S/C36H75N7O8/c1-37(2)24-30-48-29-11-19-41(20-12-34(45)49-31-25-38(3)4)15-9-16-42(23-28-44)17-10-18-43(21-13-35(46)50-32-26-39(5)6)22-14-36(47)51-33-27-40(7)8/h44H,9-33H2,1-8H3. The van der Waals surface area contributed by atoms with E-state index in [0.29, 0.717) is 91.8 Å². The summed E-state index contributed by atoms with van der Waals surface area (Å²) in [4.78, 5) is 51.8. The molecule has 0 spiro atoms. The first-order valence-corrected chi connectivity index (χ1v) is 18.7. The smallest absolute Gasteiger partial charge is 0.307 e. The number of hydrogen-bond donors (Lipinski definition) is 1. The second kappa shape index (κ2) is 32.7. The van der Waals surface area contributed by atoms with E-state index in [1.807, 2.05) is 71.1 Å². The summed E-state index contributed by atoms with van der Waals surface area (Å²) in [6.07, 6.45) is 3.44. The molecule has 0 saturated heterocycles. The first kappa shape index (κ1) is 49.0. The van der Waals surface area contributed by atoms with E-state index < -0.39 is 0 Å². The third-order valence-electron chi connectivity index (χ3n) is 8.06. The molecule has 0 aliphatic carbocycles. The third kappa shape index (κ3) is 33.6. The fraction of sp³-hybridized carbons (Fsp3) is 0.917. The minimum atomic E-state index is -0.246. The van der Waals surface area contributed by atoms with Gasteiger partial charge in [-0.05, 0) is 102 Å². The van der Waals surface area contributed by atoms with Gasteiger partial charge >= 0.3 is 17.9 Å². The average molecular weight is 734 g/mol. The van der Waals surface area contributed by atoms with Crippen LogP contribution in [0.5, 0.6) is 0 Å². The summed E-state index contributed by atoms with van der Waals surface area (Å²) < 4.78 is 21.9. The van der Waals surface area contributed by atoms with Crippen molar-refractivity contribution in [3.8, 4) is 0 Å². The molecule has 0 radical (unpaired) electrons. The summed E-state index contributed by atoms with van der Waals surface area (Å²) in [6, 6.07) is 0. The van der Waals surface area contributed by atoms with Crippen molar-refractivity contribution >= 4 is 17.9 Å². The Morgan fingerprint density at radius 1 is 0.392 bits per heavy atom. The van der Waals surface area contributed by atoms with Gasteiger partial charge in [-0.15, -0.1) is 0 Å². The van der Waals surface area contributed by atoms with E-state index in [1.54, 1.807) is 0 Å².